The van der Waals surface area contributed by atoms with E-state index in [9.17, 15) is 4.79 Å². The standard InChI is InChI=1S/C17H14N4O3S/c1-4-5-21-11-6-12-13(24-9-23-12)7-14(11)25-17(21)18-16(22)15-10(2)8-20(3)19-15/h1,6-8H,5,9H2,2-3H3. The lowest BCUT2D eigenvalue weighted by Crippen LogP contribution is -2.17. The summed E-state index contributed by atoms with van der Waals surface area (Å²) < 4.78 is 15.2. The molecule has 8 heteroatoms. The van der Waals surface area contributed by atoms with Gasteiger partial charge in [0.15, 0.2) is 22.0 Å². The number of rotatable bonds is 2. The molecule has 0 spiro atoms. The molecule has 4 rings (SSSR count). The first-order chi connectivity index (χ1) is 12.1. The largest absolute Gasteiger partial charge is 0.454 e. The fourth-order valence-electron chi connectivity index (χ4n) is 2.75. The SMILES string of the molecule is C#CCn1c(=NC(=O)c2nn(C)cc2C)sc2cc3c(cc21)OCO3. The van der Waals surface area contributed by atoms with Gasteiger partial charge in [0.1, 0.15) is 0 Å². The molecule has 7 nitrogen and oxygen atoms in total. The molecular formula is C17H14N4O3S. The Morgan fingerprint density at radius 2 is 2.20 bits per heavy atom. The summed E-state index contributed by atoms with van der Waals surface area (Å²) in [6.07, 6.45) is 7.28. The molecule has 0 atom stereocenters. The van der Waals surface area contributed by atoms with E-state index in [0.717, 1.165) is 15.8 Å². The Labute approximate surface area is 147 Å². The Kier molecular flexibility index (Phi) is 3.58. The van der Waals surface area contributed by atoms with Crippen LogP contribution in [-0.2, 0) is 13.6 Å². The predicted octanol–water partition coefficient (Wildman–Crippen LogP) is 1.85. The number of amides is 1. The Morgan fingerprint density at radius 1 is 1.44 bits per heavy atom. The first-order valence-electron chi connectivity index (χ1n) is 7.52. The van der Waals surface area contributed by atoms with Gasteiger partial charge < -0.3 is 14.0 Å². The summed E-state index contributed by atoms with van der Waals surface area (Å²) in [7, 11) is 1.77. The lowest BCUT2D eigenvalue weighted by molar-refractivity contribution is 0.0992. The number of fused-ring (bicyclic) bond motifs is 2. The second kappa shape index (κ2) is 5.79. The number of hydrogen-bond donors (Lipinski definition) is 0. The fraction of sp³-hybridized carbons (Fsp3) is 0.235. The summed E-state index contributed by atoms with van der Waals surface area (Å²) in [5.74, 6) is 3.55. The minimum Gasteiger partial charge on any atom is -0.454 e. The molecular weight excluding hydrogens is 340 g/mol. The van der Waals surface area contributed by atoms with Crippen LogP contribution in [0.2, 0.25) is 0 Å². The third-order valence-corrected chi connectivity index (χ3v) is 4.88. The molecule has 25 heavy (non-hydrogen) atoms. The maximum absolute atomic E-state index is 12.5. The van der Waals surface area contributed by atoms with Gasteiger partial charge in [-0.15, -0.1) is 6.42 Å². The number of ether oxygens (including phenoxy) is 2. The molecule has 3 aromatic rings. The van der Waals surface area contributed by atoms with E-state index >= 15 is 0 Å². The van der Waals surface area contributed by atoms with Gasteiger partial charge in [0.25, 0.3) is 5.91 Å². The van der Waals surface area contributed by atoms with E-state index in [-0.39, 0.29) is 6.79 Å². The topological polar surface area (TPSA) is 70.6 Å². The second-order valence-corrected chi connectivity index (χ2v) is 6.61. The highest BCUT2D eigenvalue weighted by molar-refractivity contribution is 7.16. The maximum Gasteiger partial charge on any atom is 0.300 e. The van der Waals surface area contributed by atoms with Crippen molar-refractivity contribution in [1.29, 1.82) is 0 Å². The summed E-state index contributed by atoms with van der Waals surface area (Å²) in [4.78, 5) is 17.3. The highest BCUT2D eigenvalue weighted by atomic mass is 32.1. The predicted molar refractivity (Wildman–Crippen MR) is 92.6 cm³/mol. The Balaban J connectivity index is 1.89. The minimum atomic E-state index is -0.393. The number of carbonyl (C=O) groups excluding carboxylic acids is 1. The zero-order valence-corrected chi connectivity index (χ0v) is 14.5. The molecule has 126 valence electrons. The number of aromatic nitrogens is 3. The maximum atomic E-state index is 12.5. The van der Waals surface area contributed by atoms with E-state index in [1.54, 1.807) is 17.9 Å². The quantitative estimate of drug-likeness (QED) is 0.659. The molecule has 0 bridgehead atoms. The zero-order chi connectivity index (χ0) is 17.6. The molecule has 1 aliphatic heterocycles. The van der Waals surface area contributed by atoms with Gasteiger partial charge in [-0.2, -0.15) is 10.1 Å². The highest BCUT2D eigenvalue weighted by Gasteiger charge is 2.18. The van der Waals surface area contributed by atoms with Crippen LogP contribution in [0, 0.1) is 19.3 Å². The van der Waals surface area contributed by atoms with Crippen molar-refractivity contribution >= 4 is 27.5 Å². The molecule has 0 saturated heterocycles. The molecule has 0 fully saturated rings. The molecule has 0 radical (unpaired) electrons. The van der Waals surface area contributed by atoms with E-state index in [1.807, 2.05) is 23.6 Å². The average Bonchev–Trinajstić information content (AvgIpc) is 3.24. The van der Waals surface area contributed by atoms with Crippen molar-refractivity contribution in [2.24, 2.45) is 12.0 Å². The summed E-state index contributed by atoms with van der Waals surface area (Å²) in [5.41, 5.74) is 1.97. The van der Waals surface area contributed by atoms with Gasteiger partial charge in [-0.3, -0.25) is 9.48 Å². The molecule has 0 saturated carbocycles. The number of hydrogen-bond acceptors (Lipinski definition) is 5. The van der Waals surface area contributed by atoms with E-state index in [2.05, 4.69) is 16.0 Å². The van der Waals surface area contributed by atoms with Crippen LogP contribution in [0.25, 0.3) is 10.2 Å². The Morgan fingerprint density at radius 3 is 2.88 bits per heavy atom. The van der Waals surface area contributed by atoms with Crippen LogP contribution in [0.15, 0.2) is 23.3 Å². The lowest BCUT2D eigenvalue weighted by atomic mass is 10.3. The number of benzene rings is 1. The Hall–Kier alpha value is -3.05. The van der Waals surface area contributed by atoms with Gasteiger partial charge >= 0.3 is 0 Å². The van der Waals surface area contributed by atoms with Crippen LogP contribution in [0.4, 0.5) is 0 Å². The molecule has 0 unspecified atom stereocenters. The first kappa shape index (κ1) is 15.5. The van der Waals surface area contributed by atoms with Crippen LogP contribution in [0.3, 0.4) is 0 Å². The number of terminal acetylenes is 1. The summed E-state index contributed by atoms with van der Waals surface area (Å²) in [5, 5.41) is 4.17. The van der Waals surface area contributed by atoms with Gasteiger partial charge in [-0.25, -0.2) is 0 Å². The molecule has 2 aromatic heterocycles. The molecule has 1 aromatic carbocycles. The van der Waals surface area contributed by atoms with E-state index in [4.69, 9.17) is 15.9 Å². The van der Waals surface area contributed by atoms with E-state index in [0.29, 0.717) is 28.5 Å². The first-order valence-corrected chi connectivity index (χ1v) is 8.34. The molecule has 0 aliphatic carbocycles. The fourth-order valence-corrected chi connectivity index (χ4v) is 3.79. The zero-order valence-electron chi connectivity index (χ0n) is 13.6. The van der Waals surface area contributed by atoms with Crippen molar-refractivity contribution in [3.05, 3.63) is 34.4 Å². The summed E-state index contributed by atoms with van der Waals surface area (Å²) in [6.45, 7) is 2.33. The van der Waals surface area contributed by atoms with Gasteiger partial charge in [0.05, 0.1) is 16.8 Å². The number of thiazole rings is 1. The van der Waals surface area contributed by atoms with Crippen LogP contribution in [0.1, 0.15) is 16.1 Å². The van der Waals surface area contributed by atoms with Crippen LogP contribution in [0.5, 0.6) is 11.5 Å². The van der Waals surface area contributed by atoms with Crippen molar-refractivity contribution < 1.29 is 14.3 Å². The molecule has 1 aliphatic rings. The van der Waals surface area contributed by atoms with Crippen molar-refractivity contribution in [3.63, 3.8) is 0 Å². The lowest BCUT2D eigenvalue weighted by Gasteiger charge is -2.01. The number of aryl methyl sites for hydroxylation is 2. The normalized spacial score (nSPS) is 13.4. The monoisotopic (exact) mass is 354 g/mol. The smallest absolute Gasteiger partial charge is 0.300 e. The number of carbonyl (C=O) groups is 1. The van der Waals surface area contributed by atoms with Gasteiger partial charge in [0, 0.05) is 30.9 Å². The van der Waals surface area contributed by atoms with Crippen molar-refractivity contribution in [2.45, 2.75) is 13.5 Å². The van der Waals surface area contributed by atoms with E-state index in [1.165, 1.54) is 11.3 Å². The molecule has 1 amide bonds. The van der Waals surface area contributed by atoms with Gasteiger partial charge in [0.2, 0.25) is 6.79 Å². The summed E-state index contributed by atoms with van der Waals surface area (Å²) in [6, 6.07) is 3.74. The van der Waals surface area contributed by atoms with Gasteiger partial charge in [-0.1, -0.05) is 17.3 Å². The van der Waals surface area contributed by atoms with Crippen molar-refractivity contribution in [3.8, 4) is 23.8 Å². The van der Waals surface area contributed by atoms with Gasteiger partial charge in [-0.05, 0) is 6.92 Å². The third kappa shape index (κ3) is 2.58. The van der Waals surface area contributed by atoms with Crippen LogP contribution >= 0.6 is 11.3 Å². The highest BCUT2D eigenvalue weighted by Crippen LogP contribution is 2.36. The summed E-state index contributed by atoms with van der Waals surface area (Å²) >= 11 is 1.38. The molecule has 3 heterocycles. The third-order valence-electron chi connectivity index (χ3n) is 3.84. The number of nitrogens with zero attached hydrogens (tertiary/aromatic N) is 4. The average molecular weight is 354 g/mol. The van der Waals surface area contributed by atoms with Crippen molar-refractivity contribution in [1.82, 2.24) is 14.3 Å². The minimum absolute atomic E-state index is 0.205. The Bertz CT molecular complexity index is 1110. The van der Waals surface area contributed by atoms with Crippen LogP contribution in [-0.4, -0.2) is 27.0 Å². The van der Waals surface area contributed by atoms with E-state index < -0.39 is 5.91 Å². The van der Waals surface area contributed by atoms with Crippen LogP contribution < -0.4 is 14.3 Å². The molecule has 0 N–H and O–H groups in total. The van der Waals surface area contributed by atoms with Crippen molar-refractivity contribution in [2.75, 3.05) is 6.79 Å². The second-order valence-electron chi connectivity index (χ2n) is 5.60.